The summed E-state index contributed by atoms with van der Waals surface area (Å²) in [5, 5.41) is 15.3. The number of ether oxygens (including phenoxy) is 1. The van der Waals surface area contributed by atoms with E-state index in [9.17, 15) is 4.79 Å². The smallest absolute Gasteiger partial charge is 0.319 e. The standard InChI is InChI=1S/C33H41N7O2/c1-21-27(18-22(19-34-21)32(2,3)4)36-31(41)35-26-13-14-28(25-11-8-7-10-24(25)26)42-23-12-15-29-37-38-30(40(29)20-23)33(5)16-9-17-39(33)6/h7-8,10-12,15,18-20,26,28H,9,13-14,16-17H2,1-6H3,(H2,35,36,41)/t26-,28+,33?/m0/s1. The van der Waals surface area contributed by atoms with Crippen LogP contribution in [0.4, 0.5) is 10.5 Å². The van der Waals surface area contributed by atoms with E-state index >= 15 is 0 Å². The molecule has 0 spiro atoms. The van der Waals surface area contributed by atoms with Gasteiger partial charge in [-0.2, -0.15) is 0 Å². The summed E-state index contributed by atoms with van der Waals surface area (Å²) in [6, 6.07) is 13.8. The fourth-order valence-corrected chi connectivity index (χ4v) is 6.26. The number of urea groups is 1. The number of hydrogen-bond acceptors (Lipinski definition) is 6. The van der Waals surface area contributed by atoms with E-state index in [1.54, 1.807) is 0 Å². The lowest BCUT2D eigenvalue weighted by molar-refractivity contribution is 0.170. The molecule has 1 aromatic carbocycles. The predicted octanol–water partition coefficient (Wildman–Crippen LogP) is 6.45. The molecule has 3 atom stereocenters. The SMILES string of the molecule is Cc1ncc(C(C)(C)C)cc1NC(=O)N[C@H]1CC[C@@H](Oc2ccc3nnc(C4(C)CCCN4C)n3c2)c2ccccc21. The van der Waals surface area contributed by atoms with Gasteiger partial charge in [-0.1, -0.05) is 45.0 Å². The van der Waals surface area contributed by atoms with Gasteiger partial charge in [-0.25, -0.2) is 4.79 Å². The monoisotopic (exact) mass is 567 g/mol. The van der Waals surface area contributed by atoms with Crippen molar-refractivity contribution in [3.05, 3.63) is 83.1 Å². The molecule has 2 N–H and O–H groups in total. The molecule has 42 heavy (non-hydrogen) atoms. The Balaban J connectivity index is 1.20. The highest BCUT2D eigenvalue weighted by atomic mass is 16.5. The van der Waals surface area contributed by atoms with Crippen molar-refractivity contribution in [3.63, 3.8) is 0 Å². The van der Waals surface area contributed by atoms with E-state index in [4.69, 9.17) is 4.74 Å². The third-order valence-corrected chi connectivity index (χ3v) is 9.08. The summed E-state index contributed by atoms with van der Waals surface area (Å²) in [6.07, 6.45) is 7.50. The number of nitrogens with one attached hydrogen (secondary N) is 2. The van der Waals surface area contributed by atoms with Crippen molar-refractivity contribution in [1.82, 2.24) is 29.8 Å². The Morgan fingerprint density at radius 1 is 1.10 bits per heavy atom. The first-order valence-electron chi connectivity index (χ1n) is 14.9. The average molecular weight is 568 g/mol. The molecular weight excluding hydrogens is 526 g/mol. The van der Waals surface area contributed by atoms with Crippen LogP contribution in [0.5, 0.6) is 5.75 Å². The molecule has 4 aromatic rings. The minimum Gasteiger partial charge on any atom is -0.484 e. The van der Waals surface area contributed by atoms with Crippen molar-refractivity contribution >= 4 is 17.4 Å². The Labute approximate surface area is 247 Å². The van der Waals surface area contributed by atoms with Gasteiger partial charge < -0.3 is 15.4 Å². The molecule has 1 fully saturated rings. The van der Waals surface area contributed by atoms with Gasteiger partial charge in [0.15, 0.2) is 11.5 Å². The number of anilines is 1. The van der Waals surface area contributed by atoms with Crippen LogP contribution in [0.3, 0.4) is 0 Å². The van der Waals surface area contributed by atoms with E-state index < -0.39 is 0 Å². The number of likely N-dealkylation sites (tertiary alicyclic amines) is 1. The highest BCUT2D eigenvalue weighted by Crippen LogP contribution is 2.40. The van der Waals surface area contributed by atoms with Crippen molar-refractivity contribution in [2.45, 2.75) is 83.4 Å². The number of aromatic nitrogens is 4. The molecule has 3 aromatic heterocycles. The van der Waals surface area contributed by atoms with Crippen LogP contribution < -0.4 is 15.4 Å². The van der Waals surface area contributed by atoms with Gasteiger partial charge in [0.25, 0.3) is 0 Å². The van der Waals surface area contributed by atoms with Gasteiger partial charge in [0.05, 0.1) is 29.2 Å². The highest BCUT2D eigenvalue weighted by molar-refractivity contribution is 5.90. The fraction of sp³-hybridized carbons (Fsp3) is 0.455. The van der Waals surface area contributed by atoms with E-state index in [1.807, 2.05) is 49.6 Å². The van der Waals surface area contributed by atoms with E-state index in [2.05, 4.69) is 82.0 Å². The first kappa shape index (κ1) is 28.2. The summed E-state index contributed by atoms with van der Waals surface area (Å²) < 4.78 is 8.70. The Kier molecular flexibility index (Phi) is 7.17. The van der Waals surface area contributed by atoms with Crippen LogP contribution in [0.1, 0.15) is 93.7 Å². The largest absolute Gasteiger partial charge is 0.484 e. The number of benzene rings is 1. The number of rotatable bonds is 5. The quantitative estimate of drug-likeness (QED) is 0.288. The van der Waals surface area contributed by atoms with Crippen LogP contribution in [0, 0.1) is 6.92 Å². The van der Waals surface area contributed by atoms with Crippen LogP contribution in [0.2, 0.25) is 0 Å². The lowest BCUT2D eigenvalue weighted by Gasteiger charge is -2.32. The number of hydrogen-bond donors (Lipinski definition) is 2. The minimum absolute atomic E-state index is 0.0593. The molecule has 1 aliphatic carbocycles. The second kappa shape index (κ2) is 10.7. The Hall–Kier alpha value is -3.98. The molecule has 9 nitrogen and oxygen atoms in total. The van der Waals surface area contributed by atoms with Crippen LogP contribution in [-0.4, -0.2) is 44.1 Å². The summed E-state index contributed by atoms with van der Waals surface area (Å²) in [6.45, 7) is 11.6. The molecule has 2 amide bonds. The number of carbonyl (C=O) groups is 1. The van der Waals surface area contributed by atoms with Gasteiger partial charge in [0.1, 0.15) is 11.9 Å². The summed E-state index contributed by atoms with van der Waals surface area (Å²) in [5.41, 5.74) is 5.36. The first-order chi connectivity index (χ1) is 20.0. The second-order valence-electron chi connectivity index (χ2n) is 13.0. The molecule has 1 aliphatic heterocycles. The summed E-state index contributed by atoms with van der Waals surface area (Å²) in [5.74, 6) is 1.72. The third kappa shape index (κ3) is 5.22. The first-order valence-corrected chi connectivity index (χ1v) is 14.9. The number of aryl methyl sites for hydroxylation is 1. The molecule has 1 unspecified atom stereocenters. The maximum Gasteiger partial charge on any atom is 0.319 e. The zero-order chi connectivity index (χ0) is 29.6. The van der Waals surface area contributed by atoms with Crippen LogP contribution in [-0.2, 0) is 11.0 Å². The third-order valence-electron chi connectivity index (χ3n) is 9.08. The molecule has 0 bridgehead atoms. The van der Waals surface area contributed by atoms with Gasteiger partial charge in [-0.3, -0.25) is 14.3 Å². The Bertz CT molecular complexity index is 1620. The van der Waals surface area contributed by atoms with Crippen molar-refractivity contribution in [3.8, 4) is 5.75 Å². The molecule has 2 aliphatic rings. The zero-order valence-corrected chi connectivity index (χ0v) is 25.4. The molecule has 220 valence electrons. The van der Waals surface area contributed by atoms with E-state index in [0.29, 0.717) is 0 Å². The maximum absolute atomic E-state index is 13.2. The van der Waals surface area contributed by atoms with Gasteiger partial charge in [-0.15, -0.1) is 10.2 Å². The molecule has 0 radical (unpaired) electrons. The van der Waals surface area contributed by atoms with E-state index in [1.165, 1.54) is 0 Å². The van der Waals surface area contributed by atoms with Crippen molar-refractivity contribution < 1.29 is 9.53 Å². The summed E-state index contributed by atoms with van der Waals surface area (Å²) >= 11 is 0. The topological polar surface area (TPSA) is 96.7 Å². The number of nitrogens with zero attached hydrogens (tertiary/aromatic N) is 5. The van der Waals surface area contributed by atoms with Crippen molar-refractivity contribution in [1.29, 1.82) is 0 Å². The molecule has 1 saturated heterocycles. The molecule has 6 rings (SSSR count). The average Bonchev–Trinajstić information content (AvgIpc) is 3.53. The molecule has 4 heterocycles. The van der Waals surface area contributed by atoms with Gasteiger partial charge in [0.2, 0.25) is 0 Å². The molecular formula is C33H41N7O2. The van der Waals surface area contributed by atoms with Gasteiger partial charge in [-0.05, 0) is 93.4 Å². The van der Waals surface area contributed by atoms with Crippen LogP contribution >= 0.6 is 0 Å². The highest BCUT2D eigenvalue weighted by Gasteiger charge is 2.39. The van der Waals surface area contributed by atoms with Crippen molar-refractivity contribution in [2.24, 2.45) is 0 Å². The number of pyridine rings is 2. The number of fused-ring (bicyclic) bond motifs is 2. The normalized spacial score (nSPS) is 22.6. The van der Waals surface area contributed by atoms with E-state index in [0.717, 1.165) is 77.5 Å². The summed E-state index contributed by atoms with van der Waals surface area (Å²) in [4.78, 5) is 20.0. The van der Waals surface area contributed by atoms with E-state index in [-0.39, 0.29) is 29.1 Å². The summed E-state index contributed by atoms with van der Waals surface area (Å²) in [7, 11) is 2.15. The van der Waals surface area contributed by atoms with Gasteiger partial charge >= 0.3 is 6.03 Å². The predicted molar refractivity (Wildman–Crippen MR) is 164 cm³/mol. The maximum atomic E-state index is 13.2. The molecule has 0 saturated carbocycles. The van der Waals surface area contributed by atoms with Crippen LogP contribution in [0.25, 0.3) is 5.65 Å². The molecule has 9 heteroatoms. The van der Waals surface area contributed by atoms with Crippen molar-refractivity contribution in [2.75, 3.05) is 18.9 Å². The lowest BCUT2D eigenvalue weighted by Crippen LogP contribution is -2.37. The van der Waals surface area contributed by atoms with Crippen LogP contribution in [0.15, 0.2) is 54.9 Å². The zero-order valence-electron chi connectivity index (χ0n) is 25.4. The second-order valence-corrected chi connectivity index (χ2v) is 13.0. The van der Waals surface area contributed by atoms with Gasteiger partial charge in [0, 0.05) is 6.20 Å². The Morgan fingerprint density at radius 3 is 2.62 bits per heavy atom. The minimum atomic E-state index is -0.235. The Morgan fingerprint density at radius 2 is 1.88 bits per heavy atom. The fourth-order valence-electron chi connectivity index (χ4n) is 6.26. The number of carbonyl (C=O) groups excluding carboxylic acids is 1. The number of amides is 2. The lowest BCUT2D eigenvalue weighted by atomic mass is 9.85.